The van der Waals surface area contributed by atoms with E-state index in [2.05, 4.69) is 5.32 Å². The van der Waals surface area contributed by atoms with E-state index >= 15 is 0 Å². The third-order valence-electron chi connectivity index (χ3n) is 6.00. The van der Waals surface area contributed by atoms with Crippen LogP contribution in [0.15, 0.2) is 36.4 Å². The molecule has 25 heavy (non-hydrogen) atoms. The number of rotatable bonds is 2. The van der Waals surface area contributed by atoms with Gasteiger partial charge in [-0.05, 0) is 55.0 Å². The maximum absolute atomic E-state index is 13.3. The molecule has 1 unspecified atom stereocenters. The summed E-state index contributed by atoms with van der Waals surface area (Å²) in [6.45, 7) is 1.84. The summed E-state index contributed by atoms with van der Waals surface area (Å²) in [4.78, 5) is 13.3. The van der Waals surface area contributed by atoms with E-state index in [-0.39, 0.29) is 23.3 Å². The Hall–Kier alpha value is -2.49. The highest BCUT2D eigenvalue weighted by Crippen LogP contribution is 2.53. The first-order valence-electron chi connectivity index (χ1n) is 8.99. The van der Waals surface area contributed by atoms with Crippen LogP contribution in [0, 0.1) is 12.8 Å². The summed E-state index contributed by atoms with van der Waals surface area (Å²) in [7, 11) is 0. The van der Waals surface area contributed by atoms with Crippen molar-refractivity contribution >= 4 is 11.6 Å². The van der Waals surface area contributed by atoms with E-state index < -0.39 is 5.41 Å². The van der Waals surface area contributed by atoms with Crippen LogP contribution in [0.3, 0.4) is 0 Å². The topological polar surface area (TPSA) is 69.6 Å². The van der Waals surface area contributed by atoms with Gasteiger partial charge >= 0.3 is 0 Å². The van der Waals surface area contributed by atoms with Crippen molar-refractivity contribution in [2.24, 2.45) is 5.92 Å². The molecule has 1 amide bonds. The fourth-order valence-corrected chi connectivity index (χ4v) is 4.71. The molecule has 0 spiro atoms. The van der Waals surface area contributed by atoms with Crippen molar-refractivity contribution in [1.82, 2.24) is 0 Å². The highest BCUT2D eigenvalue weighted by molar-refractivity contribution is 6.10. The Bertz CT molecular complexity index is 822. The van der Waals surface area contributed by atoms with Gasteiger partial charge in [-0.2, -0.15) is 0 Å². The predicted octanol–water partition coefficient (Wildman–Crippen LogP) is 4.22. The molecule has 1 aliphatic carbocycles. The summed E-state index contributed by atoms with van der Waals surface area (Å²) < 4.78 is 0. The highest BCUT2D eigenvalue weighted by Gasteiger charge is 2.53. The number of hydrogen-bond acceptors (Lipinski definition) is 3. The number of hydrogen-bond donors (Lipinski definition) is 3. The molecule has 4 heteroatoms. The second-order valence-corrected chi connectivity index (χ2v) is 7.28. The van der Waals surface area contributed by atoms with Gasteiger partial charge in [-0.3, -0.25) is 4.79 Å². The number of anilines is 1. The number of phenolic OH excluding ortho intramolecular Hbond substituents is 2. The Morgan fingerprint density at radius 1 is 1.00 bits per heavy atom. The lowest BCUT2D eigenvalue weighted by Crippen LogP contribution is -2.43. The molecule has 4 rings (SSSR count). The van der Waals surface area contributed by atoms with Gasteiger partial charge in [0.25, 0.3) is 0 Å². The van der Waals surface area contributed by atoms with Gasteiger partial charge in [0.1, 0.15) is 16.9 Å². The van der Waals surface area contributed by atoms with Crippen LogP contribution < -0.4 is 5.32 Å². The SMILES string of the molecule is Cc1c(O)ccc2c1NC(=O)C2(c1ccc(O)cc1)C1CCCCC1. The molecule has 130 valence electrons. The smallest absolute Gasteiger partial charge is 0.239 e. The zero-order chi connectivity index (χ0) is 17.6. The molecule has 2 aromatic carbocycles. The second kappa shape index (κ2) is 5.80. The van der Waals surface area contributed by atoms with Crippen molar-refractivity contribution < 1.29 is 15.0 Å². The third kappa shape index (κ3) is 2.24. The fraction of sp³-hybridized carbons (Fsp3) is 0.381. The van der Waals surface area contributed by atoms with E-state index in [1.54, 1.807) is 18.2 Å². The summed E-state index contributed by atoms with van der Waals surface area (Å²) in [6.07, 6.45) is 5.49. The summed E-state index contributed by atoms with van der Waals surface area (Å²) >= 11 is 0. The van der Waals surface area contributed by atoms with Gasteiger partial charge in [0.15, 0.2) is 0 Å². The minimum Gasteiger partial charge on any atom is -0.508 e. The highest BCUT2D eigenvalue weighted by atomic mass is 16.3. The lowest BCUT2D eigenvalue weighted by molar-refractivity contribution is -0.121. The number of fused-ring (bicyclic) bond motifs is 1. The Kier molecular flexibility index (Phi) is 3.71. The van der Waals surface area contributed by atoms with E-state index in [9.17, 15) is 15.0 Å². The van der Waals surface area contributed by atoms with E-state index in [4.69, 9.17) is 0 Å². The van der Waals surface area contributed by atoms with Gasteiger partial charge in [0, 0.05) is 5.56 Å². The zero-order valence-electron chi connectivity index (χ0n) is 14.4. The van der Waals surface area contributed by atoms with Crippen molar-refractivity contribution in [3.05, 3.63) is 53.1 Å². The third-order valence-corrected chi connectivity index (χ3v) is 6.00. The number of carbonyl (C=O) groups excluding carboxylic acids is 1. The van der Waals surface area contributed by atoms with Gasteiger partial charge in [-0.15, -0.1) is 0 Å². The van der Waals surface area contributed by atoms with Crippen LogP contribution in [0.4, 0.5) is 5.69 Å². The van der Waals surface area contributed by atoms with Crippen molar-refractivity contribution in [2.45, 2.75) is 44.4 Å². The van der Waals surface area contributed by atoms with E-state index in [1.807, 2.05) is 25.1 Å². The standard InChI is InChI=1S/C21H23NO3/c1-13-18(24)12-11-17-19(13)22-20(25)21(17,14-5-3-2-4-6-14)15-7-9-16(23)10-8-15/h7-12,14,23-24H,2-6H2,1H3,(H,22,25). The van der Waals surface area contributed by atoms with Crippen LogP contribution in [0.25, 0.3) is 0 Å². The average molecular weight is 337 g/mol. The minimum atomic E-state index is -0.748. The Morgan fingerprint density at radius 2 is 1.68 bits per heavy atom. The number of aromatic hydroxyl groups is 2. The fourth-order valence-electron chi connectivity index (χ4n) is 4.71. The number of nitrogens with one attached hydrogen (secondary N) is 1. The molecule has 1 fully saturated rings. The summed E-state index contributed by atoms with van der Waals surface area (Å²) in [6, 6.07) is 10.6. The molecule has 1 atom stereocenters. The zero-order valence-corrected chi connectivity index (χ0v) is 14.4. The maximum atomic E-state index is 13.3. The van der Waals surface area contributed by atoms with Crippen molar-refractivity contribution in [2.75, 3.05) is 5.32 Å². The van der Waals surface area contributed by atoms with Gasteiger partial charge in [0.05, 0.1) is 5.69 Å². The first-order valence-corrected chi connectivity index (χ1v) is 8.99. The van der Waals surface area contributed by atoms with Gasteiger partial charge < -0.3 is 15.5 Å². The molecule has 4 nitrogen and oxygen atoms in total. The molecule has 0 saturated heterocycles. The van der Waals surface area contributed by atoms with Crippen LogP contribution in [0.2, 0.25) is 0 Å². The van der Waals surface area contributed by atoms with Crippen LogP contribution >= 0.6 is 0 Å². The average Bonchev–Trinajstić information content (AvgIpc) is 2.93. The summed E-state index contributed by atoms with van der Waals surface area (Å²) in [5.41, 5.74) is 2.57. The molecule has 1 heterocycles. The number of benzene rings is 2. The largest absolute Gasteiger partial charge is 0.508 e. The van der Waals surface area contributed by atoms with Gasteiger partial charge in [-0.1, -0.05) is 37.5 Å². The Balaban J connectivity index is 1.98. The molecular weight excluding hydrogens is 314 g/mol. The van der Waals surface area contributed by atoms with Crippen LogP contribution in [0.1, 0.15) is 48.8 Å². The van der Waals surface area contributed by atoms with Crippen molar-refractivity contribution in [3.63, 3.8) is 0 Å². The van der Waals surface area contributed by atoms with Gasteiger partial charge in [-0.25, -0.2) is 0 Å². The van der Waals surface area contributed by atoms with Crippen LogP contribution in [-0.4, -0.2) is 16.1 Å². The minimum absolute atomic E-state index is 0.0196. The summed E-state index contributed by atoms with van der Waals surface area (Å²) in [5, 5.41) is 22.8. The molecule has 0 aromatic heterocycles. The predicted molar refractivity (Wildman–Crippen MR) is 96.9 cm³/mol. The maximum Gasteiger partial charge on any atom is 0.239 e. The van der Waals surface area contributed by atoms with Crippen LogP contribution in [-0.2, 0) is 10.2 Å². The van der Waals surface area contributed by atoms with Gasteiger partial charge in [0.2, 0.25) is 5.91 Å². The lowest BCUT2D eigenvalue weighted by atomic mass is 9.62. The monoisotopic (exact) mass is 337 g/mol. The van der Waals surface area contributed by atoms with E-state index in [0.717, 1.165) is 42.5 Å². The number of phenols is 2. The van der Waals surface area contributed by atoms with E-state index in [0.29, 0.717) is 5.56 Å². The van der Waals surface area contributed by atoms with E-state index in [1.165, 1.54) is 6.42 Å². The molecular formula is C21H23NO3. The number of carbonyl (C=O) groups is 1. The Labute approximate surface area is 147 Å². The summed E-state index contributed by atoms with van der Waals surface area (Å²) in [5.74, 6) is 0.594. The van der Waals surface area contributed by atoms with Crippen molar-refractivity contribution in [3.8, 4) is 11.5 Å². The molecule has 1 aliphatic heterocycles. The molecule has 0 radical (unpaired) electrons. The normalized spacial score (nSPS) is 23.3. The first kappa shape index (κ1) is 16.0. The molecule has 0 bridgehead atoms. The quantitative estimate of drug-likeness (QED) is 0.768. The molecule has 2 aromatic rings. The number of amides is 1. The second-order valence-electron chi connectivity index (χ2n) is 7.28. The molecule has 3 N–H and O–H groups in total. The van der Waals surface area contributed by atoms with Crippen LogP contribution in [0.5, 0.6) is 11.5 Å². The molecule has 1 saturated carbocycles. The molecule has 2 aliphatic rings. The first-order chi connectivity index (χ1) is 12.0. The lowest BCUT2D eigenvalue weighted by Gasteiger charge is -2.39. The van der Waals surface area contributed by atoms with Crippen molar-refractivity contribution in [1.29, 1.82) is 0 Å². The Morgan fingerprint density at radius 3 is 2.36 bits per heavy atom.